The van der Waals surface area contributed by atoms with Gasteiger partial charge >= 0.3 is 0 Å². The maximum absolute atomic E-state index is 13.0. The van der Waals surface area contributed by atoms with E-state index in [0.717, 1.165) is 38.4 Å². The largest absolute Gasteiger partial charge is 0.345 e. The number of carbonyl (C=O) groups is 1. The summed E-state index contributed by atoms with van der Waals surface area (Å²) in [5, 5.41) is 0. The van der Waals surface area contributed by atoms with Gasteiger partial charge in [0.1, 0.15) is 5.82 Å². The molecule has 0 radical (unpaired) electrons. The van der Waals surface area contributed by atoms with Crippen LogP contribution in [-0.4, -0.2) is 51.9 Å². The number of amides is 1. The van der Waals surface area contributed by atoms with Crippen LogP contribution in [0, 0.1) is 5.41 Å². The fourth-order valence-electron chi connectivity index (χ4n) is 4.41. The van der Waals surface area contributed by atoms with E-state index in [2.05, 4.69) is 38.7 Å². The number of aromatic nitrogens is 2. The van der Waals surface area contributed by atoms with Gasteiger partial charge < -0.3 is 9.47 Å². The maximum atomic E-state index is 13.0. The Kier molecular flexibility index (Phi) is 3.68. The number of benzene rings is 1. The van der Waals surface area contributed by atoms with Crippen molar-refractivity contribution in [3.05, 3.63) is 54.1 Å². The van der Waals surface area contributed by atoms with E-state index in [1.54, 1.807) is 0 Å². The Hall–Kier alpha value is -2.14. The molecule has 5 heteroatoms. The third-order valence-corrected chi connectivity index (χ3v) is 5.77. The van der Waals surface area contributed by atoms with E-state index in [9.17, 15) is 4.79 Å². The highest BCUT2D eigenvalue weighted by Gasteiger charge is 2.56. The van der Waals surface area contributed by atoms with Gasteiger partial charge in [0.15, 0.2) is 0 Å². The van der Waals surface area contributed by atoms with Crippen molar-refractivity contribution in [3.63, 3.8) is 0 Å². The van der Waals surface area contributed by atoms with Crippen molar-refractivity contribution in [2.24, 2.45) is 12.5 Å². The van der Waals surface area contributed by atoms with Crippen molar-refractivity contribution >= 4 is 5.91 Å². The lowest BCUT2D eigenvalue weighted by Gasteiger charge is -2.28. The summed E-state index contributed by atoms with van der Waals surface area (Å²) in [5.41, 5.74) is 1.00. The first-order chi connectivity index (χ1) is 11.6. The molecule has 2 saturated heterocycles. The Morgan fingerprint density at radius 1 is 1.25 bits per heavy atom. The molecule has 5 nitrogen and oxygen atoms in total. The van der Waals surface area contributed by atoms with Gasteiger partial charge in [-0.25, -0.2) is 4.98 Å². The third kappa shape index (κ3) is 2.35. The normalized spacial score (nSPS) is 27.5. The Bertz CT molecular complexity index is 741. The number of hydrogen-bond acceptors (Lipinski definition) is 3. The summed E-state index contributed by atoms with van der Waals surface area (Å²) in [6.07, 6.45) is 4.76. The van der Waals surface area contributed by atoms with Gasteiger partial charge in [0.2, 0.25) is 5.91 Å². The van der Waals surface area contributed by atoms with Crippen molar-refractivity contribution < 1.29 is 4.79 Å². The highest BCUT2D eigenvalue weighted by atomic mass is 16.2. The maximum Gasteiger partial charge on any atom is 0.230 e. The summed E-state index contributed by atoms with van der Waals surface area (Å²) in [6, 6.07) is 10.5. The van der Waals surface area contributed by atoms with E-state index in [0.29, 0.717) is 5.91 Å². The first-order valence-electron chi connectivity index (χ1n) is 8.59. The average Bonchev–Trinajstić information content (AvgIpc) is 3.25. The minimum absolute atomic E-state index is 0.261. The molecule has 1 aromatic heterocycles. The molecule has 1 amide bonds. The van der Waals surface area contributed by atoms with Gasteiger partial charge in [-0.3, -0.25) is 9.69 Å². The van der Waals surface area contributed by atoms with Crippen LogP contribution in [0.25, 0.3) is 0 Å². The van der Waals surface area contributed by atoms with Crippen molar-refractivity contribution in [2.45, 2.75) is 18.9 Å². The summed E-state index contributed by atoms with van der Waals surface area (Å²) in [7, 11) is 3.96. The molecule has 0 N–H and O–H groups in total. The first-order valence-corrected chi connectivity index (χ1v) is 8.59. The molecule has 24 heavy (non-hydrogen) atoms. The van der Waals surface area contributed by atoms with Crippen molar-refractivity contribution in [1.29, 1.82) is 0 Å². The molecular weight excluding hydrogens is 300 g/mol. The van der Waals surface area contributed by atoms with Crippen LogP contribution in [0.1, 0.15) is 23.7 Å². The highest BCUT2D eigenvalue weighted by molar-refractivity contribution is 5.86. The number of likely N-dealkylation sites (tertiary alicyclic amines) is 2. The predicted octanol–water partition coefficient (Wildman–Crippen LogP) is 1.87. The molecule has 1 aromatic carbocycles. The molecule has 2 fully saturated rings. The number of hydrogen-bond donors (Lipinski definition) is 0. The van der Waals surface area contributed by atoms with Crippen molar-refractivity contribution in [1.82, 2.24) is 19.4 Å². The van der Waals surface area contributed by atoms with E-state index in [1.807, 2.05) is 37.5 Å². The van der Waals surface area contributed by atoms with Gasteiger partial charge in [-0.2, -0.15) is 0 Å². The minimum atomic E-state index is -0.277. The predicted molar refractivity (Wildman–Crippen MR) is 92.4 cm³/mol. The second-order valence-corrected chi connectivity index (χ2v) is 7.22. The highest BCUT2D eigenvalue weighted by Crippen LogP contribution is 2.49. The smallest absolute Gasteiger partial charge is 0.230 e. The molecule has 3 heterocycles. The average molecular weight is 324 g/mol. The van der Waals surface area contributed by atoms with Crippen LogP contribution in [0.4, 0.5) is 0 Å². The Morgan fingerprint density at radius 3 is 2.67 bits per heavy atom. The third-order valence-electron chi connectivity index (χ3n) is 5.77. The van der Waals surface area contributed by atoms with Crippen molar-refractivity contribution in [3.8, 4) is 0 Å². The molecule has 4 rings (SSSR count). The molecule has 2 aromatic rings. The summed E-state index contributed by atoms with van der Waals surface area (Å²) in [6.45, 7) is 3.39. The molecular formula is C19H24N4O. The standard InChI is InChI=1S/C19H24N4O/c1-21-11-9-20-17(21)13-23-12-16(15-6-4-3-5-7-15)19(14-23)8-10-22(2)18(19)24/h3-7,9,11,16H,8,10,12-14H2,1-2H3/t16-,19+/m1/s1. The van der Waals surface area contributed by atoms with Gasteiger partial charge in [0.25, 0.3) is 0 Å². The first kappa shape index (κ1) is 15.4. The second kappa shape index (κ2) is 5.74. The van der Waals surface area contributed by atoms with Crippen LogP contribution in [0.3, 0.4) is 0 Å². The van der Waals surface area contributed by atoms with Crippen molar-refractivity contribution in [2.75, 3.05) is 26.7 Å². The van der Waals surface area contributed by atoms with E-state index in [-0.39, 0.29) is 11.3 Å². The summed E-state index contributed by atoms with van der Waals surface area (Å²) >= 11 is 0. The van der Waals surface area contributed by atoms with Gasteiger partial charge in [-0.15, -0.1) is 0 Å². The van der Waals surface area contributed by atoms with E-state index >= 15 is 0 Å². The van der Waals surface area contributed by atoms with Crippen LogP contribution in [-0.2, 0) is 18.4 Å². The Labute approximate surface area is 142 Å². The van der Waals surface area contributed by atoms with Crippen LogP contribution in [0.2, 0.25) is 0 Å². The SMILES string of the molecule is CN1CC[C@@]2(CN(Cc3nccn3C)C[C@@H]2c2ccccc2)C1=O. The molecule has 0 saturated carbocycles. The molecule has 2 aliphatic heterocycles. The second-order valence-electron chi connectivity index (χ2n) is 7.22. The summed E-state index contributed by atoms with van der Waals surface area (Å²) < 4.78 is 2.06. The van der Waals surface area contributed by atoms with Gasteiger partial charge in [0, 0.05) is 52.0 Å². The number of nitrogens with zero attached hydrogens (tertiary/aromatic N) is 4. The zero-order valence-electron chi connectivity index (χ0n) is 14.4. The zero-order chi connectivity index (χ0) is 16.7. The lowest BCUT2D eigenvalue weighted by Crippen LogP contribution is -2.38. The lowest BCUT2D eigenvalue weighted by molar-refractivity contribution is -0.135. The molecule has 2 atom stereocenters. The topological polar surface area (TPSA) is 41.4 Å². The minimum Gasteiger partial charge on any atom is -0.345 e. The van der Waals surface area contributed by atoms with E-state index < -0.39 is 0 Å². The van der Waals surface area contributed by atoms with Crippen LogP contribution in [0.15, 0.2) is 42.7 Å². The monoisotopic (exact) mass is 324 g/mol. The molecule has 2 aliphatic rings. The van der Waals surface area contributed by atoms with Crippen LogP contribution >= 0.6 is 0 Å². The van der Waals surface area contributed by atoms with Crippen LogP contribution in [0.5, 0.6) is 0 Å². The number of rotatable bonds is 3. The van der Waals surface area contributed by atoms with Gasteiger partial charge in [-0.1, -0.05) is 30.3 Å². The van der Waals surface area contributed by atoms with Crippen LogP contribution < -0.4 is 0 Å². The Balaban J connectivity index is 1.66. The molecule has 126 valence electrons. The lowest BCUT2D eigenvalue weighted by atomic mass is 9.73. The molecule has 0 aliphatic carbocycles. The van der Waals surface area contributed by atoms with Gasteiger partial charge in [0.05, 0.1) is 12.0 Å². The fourth-order valence-corrected chi connectivity index (χ4v) is 4.41. The fraction of sp³-hybridized carbons (Fsp3) is 0.474. The number of aryl methyl sites for hydroxylation is 1. The Morgan fingerprint density at radius 2 is 2.04 bits per heavy atom. The quantitative estimate of drug-likeness (QED) is 0.865. The molecule has 0 bridgehead atoms. The zero-order valence-corrected chi connectivity index (χ0v) is 14.4. The number of carbonyl (C=O) groups excluding carboxylic acids is 1. The summed E-state index contributed by atoms with van der Waals surface area (Å²) in [5.74, 6) is 1.62. The molecule has 0 unspecified atom stereocenters. The van der Waals surface area contributed by atoms with E-state index in [4.69, 9.17) is 0 Å². The van der Waals surface area contributed by atoms with E-state index in [1.165, 1.54) is 5.56 Å². The summed E-state index contributed by atoms with van der Waals surface area (Å²) in [4.78, 5) is 21.8. The van der Waals surface area contributed by atoms with Gasteiger partial charge in [-0.05, 0) is 12.0 Å². The number of imidazole rings is 1. The molecule has 1 spiro atoms.